The van der Waals surface area contributed by atoms with Crippen LogP contribution in [0, 0.1) is 5.82 Å². The van der Waals surface area contributed by atoms with E-state index in [9.17, 15) is 9.50 Å². The Labute approximate surface area is 114 Å². The number of likely N-dealkylation sites (tertiary alicyclic amines) is 1. The van der Waals surface area contributed by atoms with Gasteiger partial charge in [-0.05, 0) is 62.4 Å². The second-order valence-electron chi connectivity index (χ2n) is 5.86. The first-order valence-electron chi connectivity index (χ1n) is 7.39. The van der Waals surface area contributed by atoms with Crippen molar-refractivity contribution in [1.82, 2.24) is 4.90 Å². The van der Waals surface area contributed by atoms with Gasteiger partial charge in [0.05, 0.1) is 11.6 Å². The molecule has 3 rings (SSSR count). The summed E-state index contributed by atoms with van der Waals surface area (Å²) >= 11 is 0. The van der Waals surface area contributed by atoms with E-state index in [1.54, 1.807) is 6.07 Å². The highest BCUT2D eigenvalue weighted by Crippen LogP contribution is 2.45. The van der Waals surface area contributed by atoms with E-state index < -0.39 is 6.10 Å². The number of hydrogen-bond donors (Lipinski definition) is 1. The third-order valence-electron chi connectivity index (χ3n) is 5.11. The minimum atomic E-state index is -0.560. The summed E-state index contributed by atoms with van der Waals surface area (Å²) in [5.74, 6) is -0.164. The molecule has 1 aliphatic carbocycles. The zero-order valence-corrected chi connectivity index (χ0v) is 11.5. The number of benzene rings is 1. The van der Waals surface area contributed by atoms with Crippen LogP contribution in [0.15, 0.2) is 18.2 Å². The highest BCUT2D eigenvalue weighted by atomic mass is 19.1. The highest BCUT2D eigenvalue weighted by molar-refractivity contribution is 5.36. The molecule has 2 atom stereocenters. The lowest BCUT2D eigenvalue weighted by Crippen LogP contribution is -2.53. The van der Waals surface area contributed by atoms with Crippen molar-refractivity contribution in [3.05, 3.63) is 35.1 Å². The molecule has 104 valence electrons. The number of fused-ring (bicyclic) bond motifs is 1. The average molecular weight is 263 g/mol. The molecule has 0 amide bonds. The van der Waals surface area contributed by atoms with Gasteiger partial charge in [0.2, 0.25) is 0 Å². The Kier molecular flexibility index (Phi) is 3.35. The van der Waals surface area contributed by atoms with Crippen LogP contribution in [0.5, 0.6) is 0 Å². The molecule has 1 fully saturated rings. The molecule has 0 aromatic heterocycles. The Morgan fingerprint density at radius 1 is 1.37 bits per heavy atom. The third kappa shape index (κ3) is 1.91. The van der Waals surface area contributed by atoms with Crippen LogP contribution in [-0.4, -0.2) is 28.6 Å². The zero-order chi connectivity index (χ0) is 13.5. The molecule has 2 aliphatic rings. The van der Waals surface area contributed by atoms with Gasteiger partial charge in [-0.2, -0.15) is 0 Å². The molecule has 0 saturated carbocycles. The van der Waals surface area contributed by atoms with E-state index in [0.29, 0.717) is 0 Å². The number of aliphatic hydroxyl groups excluding tert-OH is 1. The first-order chi connectivity index (χ1) is 9.19. The molecule has 1 saturated heterocycles. The van der Waals surface area contributed by atoms with E-state index in [0.717, 1.165) is 43.5 Å². The van der Waals surface area contributed by atoms with Gasteiger partial charge < -0.3 is 5.11 Å². The SMILES string of the molecule is CCC1(N2CCCC2)CCc2c(F)cccc2C1O. The summed E-state index contributed by atoms with van der Waals surface area (Å²) in [4.78, 5) is 2.44. The Bertz CT molecular complexity index is 470. The van der Waals surface area contributed by atoms with Crippen LogP contribution in [0.1, 0.15) is 49.8 Å². The minimum Gasteiger partial charge on any atom is -0.386 e. The van der Waals surface area contributed by atoms with Gasteiger partial charge in [-0.3, -0.25) is 4.90 Å². The van der Waals surface area contributed by atoms with E-state index in [1.807, 2.05) is 6.07 Å². The number of hydrogen-bond acceptors (Lipinski definition) is 2. The van der Waals surface area contributed by atoms with Crippen LogP contribution in [0.3, 0.4) is 0 Å². The summed E-state index contributed by atoms with van der Waals surface area (Å²) in [6, 6.07) is 5.11. The zero-order valence-electron chi connectivity index (χ0n) is 11.5. The minimum absolute atomic E-state index is 0.164. The maximum atomic E-state index is 13.9. The van der Waals surface area contributed by atoms with Gasteiger partial charge in [0.1, 0.15) is 5.82 Å². The lowest BCUT2D eigenvalue weighted by molar-refractivity contribution is -0.0397. The quantitative estimate of drug-likeness (QED) is 0.886. The molecule has 1 aromatic rings. The average Bonchev–Trinajstić information content (AvgIpc) is 2.95. The molecule has 2 unspecified atom stereocenters. The lowest BCUT2D eigenvalue weighted by Gasteiger charge is -2.48. The van der Waals surface area contributed by atoms with Gasteiger partial charge in [0.15, 0.2) is 0 Å². The van der Waals surface area contributed by atoms with Crippen molar-refractivity contribution in [2.75, 3.05) is 13.1 Å². The van der Waals surface area contributed by atoms with Crippen molar-refractivity contribution in [2.24, 2.45) is 0 Å². The summed E-state index contributed by atoms with van der Waals surface area (Å²) in [6.45, 7) is 4.27. The molecule has 0 bridgehead atoms. The molecule has 19 heavy (non-hydrogen) atoms. The maximum absolute atomic E-state index is 13.9. The van der Waals surface area contributed by atoms with Crippen LogP contribution in [0.4, 0.5) is 4.39 Å². The molecule has 0 spiro atoms. The fourth-order valence-electron chi connectivity index (χ4n) is 3.95. The summed E-state index contributed by atoms with van der Waals surface area (Å²) < 4.78 is 13.9. The van der Waals surface area contributed by atoms with Gasteiger partial charge >= 0.3 is 0 Å². The number of rotatable bonds is 2. The Morgan fingerprint density at radius 3 is 2.79 bits per heavy atom. The summed E-state index contributed by atoms with van der Waals surface area (Å²) in [6.07, 6.45) is 4.39. The second kappa shape index (κ2) is 4.88. The fraction of sp³-hybridized carbons (Fsp3) is 0.625. The van der Waals surface area contributed by atoms with E-state index in [1.165, 1.54) is 18.9 Å². The fourth-order valence-corrected chi connectivity index (χ4v) is 3.95. The largest absolute Gasteiger partial charge is 0.386 e. The second-order valence-corrected chi connectivity index (χ2v) is 5.86. The maximum Gasteiger partial charge on any atom is 0.126 e. The molecular weight excluding hydrogens is 241 g/mol. The Balaban J connectivity index is 2.01. The van der Waals surface area contributed by atoms with Crippen molar-refractivity contribution in [3.8, 4) is 0 Å². The van der Waals surface area contributed by atoms with Gasteiger partial charge in [0, 0.05) is 0 Å². The van der Waals surface area contributed by atoms with E-state index in [2.05, 4.69) is 11.8 Å². The number of halogens is 1. The lowest BCUT2D eigenvalue weighted by atomic mass is 9.73. The molecule has 1 heterocycles. The van der Waals surface area contributed by atoms with Gasteiger partial charge in [-0.15, -0.1) is 0 Å². The van der Waals surface area contributed by atoms with Crippen LogP contribution >= 0.6 is 0 Å². The van der Waals surface area contributed by atoms with Crippen molar-refractivity contribution in [3.63, 3.8) is 0 Å². The van der Waals surface area contributed by atoms with Gasteiger partial charge in [-0.25, -0.2) is 4.39 Å². The van der Waals surface area contributed by atoms with Crippen molar-refractivity contribution < 1.29 is 9.50 Å². The van der Waals surface area contributed by atoms with Crippen LogP contribution < -0.4 is 0 Å². The van der Waals surface area contributed by atoms with E-state index in [-0.39, 0.29) is 11.4 Å². The van der Waals surface area contributed by atoms with Gasteiger partial charge in [-0.1, -0.05) is 19.1 Å². The number of nitrogens with zero attached hydrogens (tertiary/aromatic N) is 1. The molecule has 3 heteroatoms. The summed E-state index contributed by atoms with van der Waals surface area (Å²) in [7, 11) is 0. The standard InChI is InChI=1S/C16H22FNO/c1-2-16(18-10-3-4-11-18)9-8-12-13(15(16)19)6-5-7-14(12)17/h5-7,15,19H,2-4,8-11H2,1H3. The Hall–Kier alpha value is -0.930. The molecule has 1 aliphatic heterocycles. The first-order valence-corrected chi connectivity index (χ1v) is 7.39. The molecule has 1 N–H and O–H groups in total. The predicted octanol–water partition coefficient (Wildman–Crippen LogP) is 3.05. The van der Waals surface area contributed by atoms with E-state index in [4.69, 9.17) is 0 Å². The highest BCUT2D eigenvalue weighted by Gasteiger charge is 2.46. The van der Waals surface area contributed by atoms with Crippen LogP contribution in [0.2, 0.25) is 0 Å². The monoisotopic (exact) mass is 263 g/mol. The van der Waals surface area contributed by atoms with E-state index >= 15 is 0 Å². The normalized spacial score (nSPS) is 31.4. The molecular formula is C16H22FNO. The summed E-state index contributed by atoms with van der Waals surface area (Å²) in [5.41, 5.74) is 1.34. The summed E-state index contributed by atoms with van der Waals surface area (Å²) in [5, 5.41) is 10.8. The smallest absolute Gasteiger partial charge is 0.126 e. The first kappa shape index (κ1) is 13.1. The molecule has 0 radical (unpaired) electrons. The Morgan fingerprint density at radius 2 is 2.11 bits per heavy atom. The topological polar surface area (TPSA) is 23.5 Å². The van der Waals surface area contributed by atoms with Crippen LogP contribution in [0.25, 0.3) is 0 Å². The van der Waals surface area contributed by atoms with Crippen molar-refractivity contribution in [2.45, 2.75) is 50.7 Å². The van der Waals surface area contributed by atoms with Gasteiger partial charge in [0.25, 0.3) is 0 Å². The number of aliphatic hydroxyl groups is 1. The van der Waals surface area contributed by atoms with Crippen molar-refractivity contribution >= 4 is 0 Å². The van der Waals surface area contributed by atoms with Crippen LogP contribution in [-0.2, 0) is 6.42 Å². The molecule has 1 aromatic carbocycles. The third-order valence-corrected chi connectivity index (χ3v) is 5.11. The van der Waals surface area contributed by atoms with Crippen molar-refractivity contribution in [1.29, 1.82) is 0 Å². The molecule has 2 nitrogen and oxygen atoms in total. The predicted molar refractivity (Wildman–Crippen MR) is 73.5 cm³/mol.